The summed E-state index contributed by atoms with van der Waals surface area (Å²) < 4.78 is 44.4. The minimum Gasteiger partial charge on any atom is -0.461 e. The second-order valence-electron chi connectivity index (χ2n) is 4.25. The predicted octanol–water partition coefficient (Wildman–Crippen LogP) is 3.09. The number of amides is 1. The average Bonchev–Trinajstić information content (AvgIpc) is 2.88. The van der Waals surface area contributed by atoms with Crippen molar-refractivity contribution in [3.63, 3.8) is 0 Å². The summed E-state index contributed by atoms with van der Waals surface area (Å²) in [5, 5.41) is 2.27. The summed E-state index contributed by atoms with van der Waals surface area (Å²) >= 11 is 0. The van der Waals surface area contributed by atoms with Crippen molar-refractivity contribution in [1.82, 2.24) is 10.3 Å². The van der Waals surface area contributed by atoms with Gasteiger partial charge in [0.15, 0.2) is 0 Å². The second-order valence-corrected chi connectivity index (χ2v) is 4.25. The fraction of sp³-hybridized carbons (Fsp3) is 0.600. The molecule has 2 N–H and O–H groups in total. The SMILES string of the molecule is CC.CCOC(=O)c1[nH]c(CC)c(CC(=O)NC)c1C(F)(F)F. The standard InChI is InChI=1S/C13H17F3N2O3.C2H6/c1-4-8-7(6-9(19)17-3)10(13(14,15)16)11(18-8)12(20)21-5-2;1-2/h18H,4-6H2,1-3H3,(H,17,19);1-2H3. The van der Waals surface area contributed by atoms with E-state index in [0.717, 1.165) is 0 Å². The highest BCUT2D eigenvalue weighted by molar-refractivity contribution is 5.91. The Morgan fingerprint density at radius 3 is 2.17 bits per heavy atom. The van der Waals surface area contributed by atoms with Crippen LogP contribution in [0.5, 0.6) is 0 Å². The summed E-state index contributed by atoms with van der Waals surface area (Å²) in [6, 6.07) is 0. The molecule has 132 valence electrons. The minimum atomic E-state index is -4.75. The van der Waals surface area contributed by atoms with Gasteiger partial charge in [-0.15, -0.1) is 0 Å². The molecule has 0 aliphatic rings. The van der Waals surface area contributed by atoms with Crippen LogP contribution in [0.1, 0.15) is 55.0 Å². The molecule has 5 nitrogen and oxygen atoms in total. The molecule has 0 spiro atoms. The lowest BCUT2D eigenvalue weighted by molar-refractivity contribution is -0.138. The number of carbonyl (C=O) groups is 2. The number of halogens is 3. The molecule has 1 aromatic rings. The Bertz CT molecular complexity index is 537. The first-order chi connectivity index (χ1) is 10.8. The molecule has 1 heterocycles. The highest BCUT2D eigenvalue weighted by Gasteiger charge is 2.41. The van der Waals surface area contributed by atoms with E-state index in [1.54, 1.807) is 6.92 Å². The zero-order valence-electron chi connectivity index (χ0n) is 14.0. The van der Waals surface area contributed by atoms with E-state index in [1.165, 1.54) is 14.0 Å². The van der Waals surface area contributed by atoms with Crippen LogP contribution in [0.2, 0.25) is 0 Å². The largest absolute Gasteiger partial charge is 0.461 e. The number of aryl methyl sites for hydroxylation is 1. The lowest BCUT2D eigenvalue weighted by Gasteiger charge is -2.11. The summed E-state index contributed by atoms with van der Waals surface area (Å²) in [5.41, 5.74) is -1.79. The first kappa shape index (κ1) is 21.0. The molecule has 0 saturated carbocycles. The molecule has 0 unspecified atom stereocenters. The molecule has 0 radical (unpaired) electrons. The van der Waals surface area contributed by atoms with E-state index in [1.807, 2.05) is 13.8 Å². The topological polar surface area (TPSA) is 71.2 Å². The van der Waals surface area contributed by atoms with Gasteiger partial charge >= 0.3 is 12.1 Å². The number of likely N-dealkylation sites (N-methyl/N-ethyl adjacent to an activating group) is 1. The van der Waals surface area contributed by atoms with E-state index < -0.39 is 35.7 Å². The molecule has 0 fully saturated rings. The number of esters is 1. The number of hydrogen-bond acceptors (Lipinski definition) is 3. The van der Waals surface area contributed by atoms with Gasteiger partial charge in [0.25, 0.3) is 0 Å². The molecule has 23 heavy (non-hydrogen) atoms. The fourth-order valence-electron chi connectivity index (χ4n) is 2.01. The van der Waals surface area contributed by atoms with Gasteiger partial charge in [0.05, 0.1) is 18.6 Å². The van der Waals surface area contributed by atoms with Crippen molar-refractivity contribution >= 4 is 11.9 Å². The molecular weight excluding hydrogens is 313 g/mol. The molecule has 1 aromatic heterocycles. The van der Waals surface area contributed by atoms with Gasteiger partial charge in [-0.2, -0.15) is 13.2 Å². The number of aromatic nitrogens is 1. The van der Waals surface area contributed by atoms with Crippen molar-refractivity contribution in [2.24, 2.45) is 0 Å². The Hall–Kier alpha value is -1.99. The molecule has 0 aromatic carbocycles. The third-order valence-electron chi connectivity index (χ3n) is 2.92. The Labute approximate surface area is 133 Å². The molecule has 0 atom stereocenters. The van der Waals surface area contributed by atoms with E-state index in [2.05, 4.69) is 15.0 Å². The molecule has 0 bridgehead atoms. The van der Waals surface area contributed by atoms with E-state index in [4.69, 9.17) is 0 Å². The lowest BCUT2D eigenvalue weighted by atomic mass is 10.0. The van der Waals surface area contributed by atoms with Gasteiger partial charge in [0, 0.05) is 12.7 Å². The van der Waals surface area contributed by atoms with Crippen LogP contribution in [0.4, 0.5) is 13.2 Å². The van der Waals surface area contributed by atoms with Crippen LogP contribution in [0, 0.1) is 0 Å². The van der Waals surface area contributed by atoms with Crippen LogP contribution in [0.25, 0.3) is 0 Å². The van der Waals surface area contributed by atoms with E-state index in [9.17, 15) is 22.8 Å². The van der Waals surface area contributed by atoms with Crippen molar-refractivity contribution in [2.45, 2.75) is 46.7 Å². The molecule has 1 rings (SSSR count). The maximum absolute atomic E-state index is 13.3. The first-order valence-electron chi connectivity index (χ1n) is 7.44. The van der Waals surface area contributed by atoms with Gasteiger partial charge in [0.2, 0.25) is 5.91 Å². The predicted molar refractivity (Wildman–Crippen MR) is 80.2 cm³/mol. The van der Waals surface area contributed by atoms with Gasteiger partial charge < -0.3 is 15.0 Å². The molecule has 0 aliphatic carbocycles. The third-order valence-corrected chi connectivity index (χ3v) is 2.92. The number of hydrogen-bond donors (Lipinski definition) is 2. The van der Waals surface area contributed by atoms with Gasteiger partial charge in [-0.05, 0) is 18.9 Å². The van der Waals surface area contributed by atoms with Crippen LogP contribution < -0.4 is 5.32 Å². The number of H-pyrrole nitrogens is 1. The second kappa shape index (κ2) is 9.22. The van der Waals surface area contributed by atoms with Crippen LogP contribution in [-0.2, 0) is 28.5 Å². The van der Waals surface area contributed by atoms with Gasteiger partial charge in [0.1, 0.15) is 5.69 Å². The summed E-state index contributed by atoms with van der Waals surface area (Å²) in [5.74, 6) is -1.65. The van der Waals surface area contributed by atoms with Crippen LogP contribution in [-0.4, -0.2) is 30.5 Å². The number of ether oxygens (including phenoxy) is 1. The third kappa shape index (κ3) is 5.30. The maximum Gasteiger partial charge on any atom is 0.419 e. The lowest BCUT2D eigenvalue weighted by Crippen LogP contribution is -2.23. The van der Waals surface area contributed by atoms with Crippen LogP contribution in [0.15, 0.2) is 0 Å². The number of carbonyl (C=O) groups excluding carboxylic acids is 2. The first-order valence-corrected chi connectivity index (χ1v) is 7.44. The summed E-state index contributed by atoms with van der Waals surface area (Å²) in [7, 11) is 1.33. The van der Waals surface area contributed by atoms with Crippen molar-refractivity contribution in [3.8, 4) is 0 Å². The smallest absolute Gasteiger partial charge is 0.419 e. The molecule has 8 heteroatoms. The zero-order valence-corrected chi connectivity index (χ0v) is 14.0. The van der Waals surface area contributed by atoms with E-state index in [0.29, 0.717) is 0 Å². The number of nitrogens with one attached hydrogen (secondary N) is 2. The van der Waals surface area contributed by atoms with Gasteiger partial charge in [-0.1, -0.05) is 20.8 Å². The monoisotopic (exact) mass is 336 g/mol. The Balaban J connectivity index is 0.00000232. The van der Waals surface area contributed by atoms with E-state index >= 15 is 0 Å². The molecule has 0 aliphatic heterocycles. The summed E-state index contributed by atoms with van der Waals surface area (Å²) in [6.07, 6.45) is -4.98. The number of alkyl halides is 3. The number of rotatable bonds is 5. The fourth-order valence-corrected chi connectivity index (χ4v) is 2.01. The maximum atomic E-state index is 13.3. The van der Waals surface area contributed by atoms with E-state index in [-0.39, 0.29) is 24.3 Å². The highest BCUT2D eigenvalue weighted by atomic mass is 19.4. The van der Waals surface area contributed by atoms with Crippen LogP contribution in [0.3, 0.4) is 0 Å². The van der Waals surface area contributed by atoms with Crippen molar-refractivity contribution in [3.05, 3.63) is 22.5 Å². The minimum absolute atomic E-state index is 0.0403. The average molecular weight is 336 g/mol. The highest BCUT2D eigenvalue weighted by Crippen LogP contribution is 2.37. The van der Waals surface area contributed by atoms with Gasteiger partial charge in [-0.25, -0.2) is 4.79 Å². The van der Waals surface area contributed by atoms with Crippen LogP contribution >= 0.6 is 0 Å². The quantitative estimate of drug-likeness (QED) is 0.812. The molecular formula is C15H23F3N2O3. The number of aromatic amines is 1. The Kier molecular flexibility index (Phi) is 8.42. The summed E-state index contributed by atoms with van der Waals surface area (Å²) in [6.45, 7) is 7.09. The van der Waals surface area contributed by atoms with Gasteiger partial charge in [-0.3, -0.25) is 4.79 Å². The van der Waals surface area contributed by atoms with Crippen molar-refractivity contribution in [1.29, 1.82) is 0 Å². The summed E-state index contributed by atoms with van der Waals surface area (Å²) in [4.78, 5) is 25.6. The zero-order chi connectivity index (χ0) is 18.2. The van der Waals surface area contributed by atoms with Crippen molar-refractivity contribution in [2.75, 3.05) is 13.7 Å². The Morgan fingerprint density at radius 1 is 1.22 bits per heavy atom. The van der Waals surface area contributed by atoms with Crippen molar-refractivity contribution < 1.29 is 27.5 Å². The normalized spacial score (nSPS) is 10.6. The molecule has 1 amide bonds. The Morgan fingerprint density at radius 2 is 1.78 bits per heavy atom. The molecule has 0 saturated heterocycles.